The summed E-state index contributed by atoms with van der Waals surface area (Å²) in [5.74, 6) is -6.34. The first-order valence-corrected chi connectivity index (χ1v) is 19.2. The summed E-state index contributed by atoms with van der Waals surface area (Å²) in [7, 11) is 3.91. The SMILES string of the molecule is CN(C)c1ccc(N=Nc2ccc(N3C(=O)[C@H]4[C@H](CC=C5[C@H]4C[C@H]4C(=O)N(c6ccc(F)c(Cl)c6)C(=O)[C@@]4(C)[C@H]5c4ccc5ccccc5c4O)C3=O)cc2)cc1. The van der Waals surface area contributed by atoms with Crippen LogP contribution in [0, 0.1) is 34.9 Å². The third-order valence-electron chi connectivity index (χ3n) is 12.4. The van der Waals surface area contributed by atoms with Crippen LogP contribution in [0.5, 0.6) is 5.75 Å². The number of phenolic OH excluding ortho intramolecular Hbond substituents is 1. The Kier molecular flexibility index (Phi) is 8.62. The van der Waals surface area contributed by atoms with Gasteiger partial charge in [0.15, 0.2) is 0 Å². The third kappa shape index (κ3) is 5.58. The first kappa shape index (κ1) is 36.4. The summed E-state index contributed by atoms with van der Waals surface area (Å²) in [6.45, 7) is 1.73. The predicted molar refractivity (Wildman–Crippen MR) is 216 cm³/mol. The molecule has 6 atom stereocenters. The molecule has 0 spiro atoms. The minimum Gasteiger partial charge on any atom is -0.507 e. The quantitative estimate of drug-likeness (QED) is 0.104. The Morgan fingerprint density at radius 1 is 0.789 bits per heavy atom. The Labute approximate surface area is 332 Å². The molecular formula is C45H37ClFN5O5. The number of amides is 4. The van der Waals surface area contributed by atoms with Crippen LogP contribution in [0.2, 0.25) is 5.02 Å². The van der Waals surface area contributed by atoms with Gasteiger partial charge in [-0.1, -0.05) is 59.6 Å². The molecule has 57 heavy (non-hydrogen) atoms. The molecule has 0 radical (unpaired) electrons. The van der Waals surface area contributed by atoms with Crippen molar-refractivity contribution in [3.05, 3.63) is 131 Å². The van der Waals surface area contributed by atoms with Crippen LogP contribution in [-0.2, 0) is 19.2 Å². The number of halogens is 2. The van der Waals surface area contributed by atoms with Gasteiger partial charge < -0.3 is 10.0 Å². The van der Waals surface area contributed by atoms with E-state index < -0.39 is 52.6 Å². The molecule has 1 N–H and O–H groups in total. The molecule has 0 unspecified atom stereocenters. The number of anilines is 3. The highest BCUT2D eigenvalue weighted by molar-refractivity contribution is 6.32. The lowest BCUT2D eigenvalue weighted by molar-refractivity contribution is -0.131. The van der Waals surface area contributed by atoms with Gasteiger partial charge in [-0.15, -0.1) is 0 Å². The van der Waals surface area contributed by atoms with Crippen LogP contribution in [0.4, 0.5) is 32.8 Å². The smallest absolute Gasteiger partial charge is 0.241 e. The lowest BCUT2D eigenvalue weighted by Gasteiger charge is -2.49. The number of aromatic hydroxyl groups is 1. The van der Waals surface area contributed by atoms with E-state index in [9.17, 15) is 28.7 Å². The highest BCUT2D eigenvalue weighted by Gasteiger charge is 2.68. The highest BCUT2D eigenvalue weighted by atomic mass is 35.5. The summed E-state index contributed by atoms with van der Waals surface area (Å²) in [4.78, 5) is 62.4. The van der Waals surface area contributed by atoms with Crippen molar-refractivity contribution < 1.29 is 28.7 Å². The number of fused-ring (bicyclic) bond motifs is 5. The summed E-state index contributed by atoms with van der Waals surface area (Å²) < 4.78 is 14.3. The molecule has 0 bridgehead atoms. The molecule has 10 nitrogen and oxygen atoms in total. The zero-order valence-electron chi connectivity index (χ0n) is 31.3. The molecule has 286 valence electrons. The maximum Gasteiger partial charge on any atom is 0.241 e. The number of carbonyl (C=O) groups is 4. The van der Waals surface area contributed by atoms with E-state index >= 15 is 0 Å². The van der Waals surface area contributed by atoms with E-state index in [0.29, 0.717) is 28.0 Å². The molecule has 1 saturated carbocycles. The Morgan fingerprint density at radius 2 is 1.46 bits per heavy atom. The van der Waals surface area contributed by atoms with E-state index in [0.717, 1.165) is 27.6 Å². The second-order valence-corrected chi connectivity index (χ2v) is 16.0. The molecule has 2 aliphatic heterocycles. The zero-order chi connectivity index (χ0) is 39.9. The van der Waals surface area contributed by atoms with Gasteiger partial charge in [-0.25, -0.2) is 9.29 Å². The fourth-order valence-electron chi connectivity index (χ4n) is 9.59. The maximum atomic E-state index is 14.8. The first-order chi connectivity index (χ1) is 27.4. The van der Waals surface area contributed by atoms with E-state index in [4.69, 9.17) is 11.6 Å². The van der Waals surface area contributed by atoms with Gasteiger partial charge in [-0.3, -0.25) is 24.1 Å². The average molecular weight is 782 g/mol. The number of carbonyl (C=O) groups excluding carboxylic acids is 4. The van der Waals surface area contributed by atoms with Crippen molar-refractivity contribution in [2.24, 2.45) is 39.3 Å². The maximum absolute atomic E-state index is 14.8. The molecule has 2 heterocycles. The van der Waals surface area contributed by atoms with Crippen LogP contribution in [-0.4, -0.2) is 42.8 Å². The molecule has 5 aromatic carbocycles. The lowest BCUT2D eigenvalue weighted by atomic mass is 9.51. The third-order valence-corrected chi connectivity index (χ3v) is 12.7. The molecule has 4 amide bonds. The van der Waals surface area contributed by atoms with Crippen molar-refractivity contribution in [2.45, 2.75) is 25.7 Å². The predicted octanol–water partition coefficient (Wildman–Crippen LogP) is 9.25. The fraction of sp³-hybridized carbons (Fsp3) is 0.244. The summed E-state index contributed by atoms with van der Waals surface area (Å²) in [5.41, 5.74) is 2.55. The van der Waals surface area contributed by atoms with Crippen LogP contribution in [0.1, 0.15) is 31.2 Å². The van der Waals surface area contributed by atoms with Crippen LogP contribution >= 0.6 is 11.6 Å². The van der Waals surface area contributed by atoms with E-state index in [1.165, 1.54) is 17.0 Å². The summed E-state index contributed by atoms with van der Waals surface area (Å²) >= 11 is 6.14. The Bertz CT molecular complexity index is 2590. The molecule has 3 fully saturated rings. The molecule has 4 aliphatic rings. The van der Waals surface area contributed by atoms with Gasteiger partial charge in [-0.2, -0.15) is 10.2 Å². The summed E-state index contributed by atoms with van der Waals surface area (Å²) in [6.07, 6.45) is 2.29. The fourth-order valence-corrected chi connectivity index (χ4v) is 9.77. The Morgan fingerprint density at radius 3 is 2.14 bits per heavy atom. The number of azo groups is 1. The van der Waals surface area contributed by atoms with Gasteiger partial charge in [0.1, 0.15) is 11.6 Å². The molecule has 9 rings (SSSR count). The van der Waals surface area contributed by atoms with E-state index in [1.54, 1.807) is 43.3 Å². The Hall–Kier alpha value is -6.20. The standard InChI is InChI=1S/C45H37ClFN5O5/c1-45-35(42(55)52(44(45)57)29-17-21-37(47)36(46)22-29)23-34-31(39(45)33-18-8-24-6-4-5-7-30(24)40(33)53)19-20-32-38(34)43(56)51(41(32)54)28-15-11-26(12-16-28)49-48-25-9-13-27(14-10-25)50(2)3/h4-19,21-22,32,34-35,38-39,53H,20,23H2,1-3H3/t32-,34+,35-,38-,39+,45+/m0/s1. The van der Waals surface area contributed by atoms with Crippen LogP contribution in [0.3, 0.4) is 0 Å². The van der Waals surface area contributed by atoms with Crippen molar-refractivity contribution in [3.8, 4) is 5.75 Å². The molecular weight excluding hydrogens is 745 g/mol. The van der Waals surface area contributed by atoms with Gasteiger partial charge in [-0.05, 0) is 97.8 Å². The van der Waals surface area contributed by atoms with Crippen LogP contribution in [0.15, 0.2) is 125 Å². The van der Waals surface area contributed by atoms with Crippen LogP contribution < -0.4 is 14.7 Å². The number of imide groups is 2. The average Bonchev–Trinajstić information content (AvgIpc) is 3.58. The van der Waals surface area contributed by atoms with Crippen molar-refractivity contribution >= 4 is 74.4 Å². The molecule has 0 aromatic heterocycles. The van der Waals surface area contributed by atoms with Gasteiger partial charge in [0.2, 0.25) is 23.6 Å². The minimum atomic E-state index is -1.41. The molecule has 2 saturated heterocycles. The second kappa shape index (κ2) is 13.5. The van der Waals surface area contributed by atoms with E-state index in [1.807, 2.05) is 73.6 Å². The largest absolute Gasteiger partial charge is 0.507 e. The van der Waals surface area contributed by atoms with Gasteiger partial charge in [0.05, 0.1) is 50.9 Å². The summed E-state index contributed by atoms with van der Waals surface area (Å²) in [5, 5.41) is 21.7. The van der Waals surface area contributed by atoms with Gasteiger partial charge in [0.25, 0.3) is 0 Å². The lowest BCUT2D eigenvalue weighted by Crippen LogP contribution is -2.48. The van der Waals surface area contributed by atoms with E-state index in [2.05, 4.69) is 10.2 Å². The number of rotatable bonds is 6. The monoisotopic (exact) mass is 781 g/mol. The van der Waals surface area contributed by atoms with Crippen molar-refractivity contribution in [1.82, 2.24) is 0 Å². The van der Waals surface area contributed by atoms with Crippen molar-refractivity contribution in [3.63, 3.8) is 0 Å². The first-order valence-electron chi connectivity index (χ1n) is 18.8. The summed E-state index contributed by atoms with van der Waals surface area (Å²) in [6, 6.07) is 29.0. The topological polar surface area (TPSA) is 123 Å². The number of nitrogens with zero attached hydrogens (tertiary/aromatic N) is 5. The molecule has 12 heteroatoms. The van der Waals surface area contributed by atoms with Crippen molar-refractivity contribution in [2.75, 3.05) is 28.8 Å². The minimum absolute atomic E-state index is 0.0245. The highest BCUT2D eigenvalue weighted by Crippen LogP contribution is 2.65. The van der Waals surface area contributed by atoms with E-state index in [-0.39, 0.29) is 41.1 Å². The number of hydrogen-bond acceptors (Lipinski definition) is 8. The van der Waals surface area contributed by atoms with Gasteiger partial charge >= 0.3 is 0 Å². The number of allylic oxidation sites excluding steroid dienone is 2. The van der Waals surface area contributed by atoms with Crippen molar-refractivity contribution in [1.29, 1.82) is 0 Å². The Balaban J connectivity index is 1.08. The van der Waals surface area contributed by atoms with Gasteiger partial charge in [0, 0.05) is 36.7 Å². The number of phenols is 1. The number of hydrogen-bond donors (Lipinski definition) is 1. The normalized spacial score (nSPS) is 25.6. The second-order valence-electron chi connectivity index (χ2n) is 15.6. The molecule has 5 aromatic rings. The molecule has 2 aliphatic carbocycles. The number of benzene rings is 5. The zero-order valence-corrected chi connectivity index (χ0v) is 32.0. The van der Waals surface area contributed by atoms with Crippen LogP contribution in [0.25, 0.3) is 10.8 Å².